The van der Waals surface area contributed by atoms with Gasteiger partial charge in [-0.15, -0.1) is 0 Å². The van der Waals surface area contributed by atoms with Gasteiger partial charge in [0.25, 0.3) is 0 Å². The molecule has 1 saturated heterocycles. The molecule has 1 heterocycles. The van der Waals surface area contributed by atoms with Gasteiger partial charge in [0, 0.05) is 13.1 Å². The molecule has 1 fully saturated rings. The first-order valence-electron chi connectivity index (χ1n) is 6.75. The van der Waals surface area contributed by atoms with Crippen LogP contribution < -0.4 is 5.32 Å². The van der Waals surface area contributed by atoms with Gasteiger partial charge in [0.2, 0.25) is 0 Å². The van der Waals surface area contributed by atoms with E-state index in [0.29, 0.717) is 0 Å². The summed E-state index contributed by atoms with van der Waals surface area (Å²) < 4.78 is 0. The molecule has 0 amide bonds. The molecule has 0 aromatic heterocycles. The Morgan fingerprint density at radius 3 is 2.53 bits per heavy atom. The van der Waals surface area contributed by atoms with E-state index in [-0.39, 0.29) is 0 Å². The van der Waals surface area contributed by atoms with E-state index in [1.54, 1.807) is 0 Å². The number of rotatable bonds is 5. The summed E-state index contributed by atoms with van der Waals surface area (Å²) in [5.74, 6) is 0.843. The van der Waals surface area contributed by atoms with E-state index in [1.165, 1.54) is 37.2 Å². The van der Waals surface area contributed by atoms with Gasteiger partial charge < -0.3 is 10.2 Å². The van der Waals surface area contributed by atoms with Gasteiger partial charge in [0.05, 0.1) is 0 Å². The van der Waals surface area contributed by atoms with E-state index in [1.807, 2.05) is 0 Å². The first kappa shape index (κ1) is 12.6. The van der Waals surface area contributed by atoms with Gasteiger partial charge in [-0.1, -0.05) is 31.2 Å². The zero-order valence-corrected chi connectivity index (χ0v) is 11.1. The Kier molecular flexibility index (Phi) is 4.57. The van der Waals surface area contributed by atoms with E-state index < -0.39 is 0 Å². The van der Waals surface area contributed by atoms with Gasteiger partial charge in [0.1, 0.15) is 0 Å². The molecule has 1 aliphatic heterocycles. The molecule has 2 rings (SSSR count). The second-order valence-electron chi connectivity index (χ2n) is 5.23. The van der Waals surface area contributed by atoms with Gasteiger partial charge in [-0.3, -0.25) is 0 Å². The maximum absolute atomic E-state index is 3.43. The quantitative estimate of drug-likeness (QED) is 0.838. The van der Waals surface area contributed by atoms with Crippen LogP contribution >= 0.6 is 0 Å². The molecule has 0 aliphatic carbocycles. The third-order valence-corrected chi connectivity index (χ3v) is 3.62. The molecule has 1 aromatic rings. The highest BCUT2D eigenvalue weighted by Crippen LogP contribution is 2.12. The number of aryl methyl sites for hydroxylation is 1. The SMILES string of the molecule is CCc1ccc(CN(C)CC2CCNC2)cc1. The largest absolute Gasteiger partial charge is 0.316 e. The van der Waals surface area contributed by atoms with Crippen molar-refractivity contribution in [2.75, 3.05) is 26.7 Å². The molecule has 1 unspecified atom stereocenters. The number of nitrogens with zero attached hydrogens (tertiary/aromatic N) is 1. The van der Waals surface area contributed by atoms with E-state index in [4.69, 9.17) is 0 Å². The maximum atomic E-state index is 3.43. The van der Waals surface area contributed by atoms with Gasteiger partial charge in [0.15, 0.2) is 0 Å². The van der Waals surface area contributed by atoms with Crippen LogP contribution in [0.1, 0.15) is 24.5 Å². The summed E-state index contributed by atoms with van der Waals surface area (Å²) in [6, 6.07) is 9.03. The minimum absolute atomic E-state index is 0.843. The van der Waals surface area contributed by atoms with E-state index >= 15 is 0 Å². The fraction of sp³-hybridized carbons (Fsp3) is 0.600. The van der Waals surface area contributed by atoms with Crippen molar-refractivity contribution in [2.45, 2.75) is 26.3 Å². The van der Waals surface area contributed by atoms with Crippen LogP contribution in [-0.4, -0.2) is 31.6 Å². The van der Waals surface area contributed by atoms with Crippen LogP contribution in [0.2, 0.25) is 0 Å². The van der Waals surface area contributed by atoms with Crippen molar-refractivity contribution in [3.63, 3.8) is 0 Å². The summed E-state index contributed by atoms with van der Waals surface area (Å²) in [5, 5.41) is 3.43. The van der Waals surface area contributed by atoms with E-state index in [2.05, 4.69) is 48.5 Å². The third-order valence-electron chi connectivity index (χ3n) is 3.62. The van der Waals surface area contributed by atoms with Gasteiger partial charge in [-0.2, -0.15) is 0 Å². The summed E-state index contributed by atoms with van der Waals surface area (Å²) in [5.41, 5.74) is 2.85. The standard InChI is InChI=1S/C15H24N2/c1-3-13-4-6-14(7-5-13)11-17(2)12-15-8-9-16-10-15/h4-7,15-16H,3,8-12H2,1-2H3. The second kappa shape index (κ2) is 6.18. The Morgan fingerprint density at radius 1 is 1.24 bits per heavy atom. The highest BCUT2D eigenvalue weighted by atomic mass is 15.1. The lowest BCUT2D eigenvalue weighted by Crippen LogP contribution is -2.26. The molecule has 1 atom stereocenters. The lowest BCUT2D eigenvalue weighted by atomic mass is 10.1. The van der Waals surface area contributed by atoms with Crippen LogP contribution in [0.3, 0.4) is 0 Å². The van der Waals surface area contributed by atoms with Crippen molar-refractivity contribution in [1.29, 1.82) is 0 Å². The lowest BCUT2D eigenvalue weighted by molar-refractivity contribution is 0.278. The van der Waals surface area contributed by atoms with Gasteiger partial charge in [-0.05, 0) is 50.0 Å². The molecule has 2 nitrogen and oxygen atoms in total. The van der Waals surface area contributed by atoms with Crippen LogP contribution in [0.5, 0.6) is 0 Å². The normalized spacial score (nSPS) is 20.1. The first-order valence-corrected chi connectivity index (χ1v) is 6.75. The fourth-order valence-electron chi connectivity index (χ4n) is 2.57. The van der Waals surface area contributed by atoms with E-state index in [0.717, 1.165) is 18.9 Å². The molecule has 0 saturated carbocycles. The van der Waals surface area contributed by atoms with Crippen LogP contribution in [0, 0.1) is 5.92 Å². The average molecular weight is 232 g/mol. The van der Waals surface area contributed by atoms with E-state index in [9.17, 15) is 0 Å². The summed E-state index contributed by atoms with van der Waals surface area (Å²) in [7, 11) is 2.23. The third kappa shape index (κ3) is 3.83. The summed E-state index contributed by atoms with van der Waals surface area (Å²) in [4.78, 5) is 2.44. The van der Waals surface area contributed by atoms with Crippen molar-refractivity contribution >= 4 is 0 Å². The zero-order chi connectivity index (χ0) is 12.1. The molecule has 1 aromatic carbocycles. The number of nitrogens with one attached hydrogen (secondary N) is 1. The van der Waals surface area contributed by atoms with Crippen LogP contribution in [-0.2, 0) is 13.0 Å². The Hall–Kier alpha value is -0.860. The molecule has 94 valence electrons. The topological polar surface area (TPSA) is 15.3 Å². The smallest absolute Gasteiger partial charge is 0.0230 e. The number of hydrogen-bond acceptors (Lipinski definition) is 2. The Bertz CT molecular complexity index is 325. The highest BCUT2D eigenvalue weighted by Gasteiger charge is 2.16. The Morgan fingerprint density at radius 2 is 1.94 bits per heavy atom. The molecule has 0 radical (unpaired) electrons. The summed E-state index contributed by atoms with van der Waals surface area (Å²) in [6.45, 7) is 6.88. The predicted molar refractivity (Wildman–Crippen MR) is 73.1 cm³/mol. The molecule has 2 heteroatoms. The first-order chi connectivity index (χ1) is 8.28. The van der Waals surface area contributed by atoms with Crippen molar-refractivity contribution in [2.24, 2.45) is 5.92 Å². The molecule has 1 N–H and O–H groups in total. The van der Waals surface area contributed by atoms with Crippen LogP contribution in [0.25, 0.3) is 0 Å². The van der Waals surface area contributed by atoms with Crippen molar-refractivity contribution in [3.05, 3.63) is 35.4 Å². The zero-order valence-electron chi connectivity index (χ0n) is 11.1. The Balaban J connectivity index is 1.81. The summed E-state index contributed by atoms with van der Waals surface area (Å²) >= 11 is 0. The molecule has 1 aliphatic rings. The van der Waals surface area contributed by atoms with Crippen molar-refractivity contribution < 1.29 is 0 Å². The van der Waals surface area contributed by atoms with Gasteiger partial charge in [-0.25, -0.2) is 0 Å². The van der Waals surface area contributed by atoms with Crippen molar-refractivity contribution in [3.8, 4) is 0 Å². The second-order valence-corrected chi connectivity index (χ2v) is 5.23. The molecular formula is C15H24N2. The monoisotopic (exact) mass is 232 g/mol. The fourth-order valence-corrected chi connectivity index (χ4v) is 2.57. The Labute approximate surface area is 105 Å². The molecule has 0 bridgehead atoms. The summed E-state index contributed by atoms with van der Waals surface area (Å²) in [6.07, 6.45) is 2.46. The lowest BCUT2D eigenvalue weighted by Gasteiger charge is -2.20. The van der Waals surface area contributed by atoms with Crippen LogP contribution in [0.15, 0.2) is 24.3 Å². The molecule has 17 heavy (non-hydrogen) atoms. The van der Waals surface area contributed by atoms with Crippen molar-refractivity contribution in [1.82, 2.24) is 10.2 Å². The van der Waals surface area contributed by atoms with Gasteiger partial charge >= 0.3 is 0 Å². The number of benzene rings is 1. The average Bonchev–Trinajstić information content (AvgIpc) is 2.82. The minimum atomic E-state index is 0.843. The predicted octanol–water partition coefficient (Wildman–Crippen LogP) is 2.29. The maximum Gasteiger partial charge on any atom is 0.0230 e. The molecular weight excluding hydrogens is 208 g/mol. The minimum Gasteiger partial charge on any atom is -0.316 e. The molecule has 0 spiro atoms. The number of hydrogen-bond donors (Lipinski definition) is 1. The highest BCUT2D eigenvalue weighted by molar-refractivity contribution is 5.22. The van der Waals surface area contributed by atoms with Crippen LogP contribution in [0.4, 0.5) is 0 Å².